The molecular formula is C28H28Cl2N4O2. The molecule has 36 heavy (non-hydrogen) atoms. The van der Waals surface area contributed by atoms with Crippen molar-refractivity contribution in [3.05, 3.63) is 87.9 Å². The van der Waals surface area contributed by atoms with Crippen LogP contribution >= 0.6 is 23.2 Å². The van der Waals surface area contributed by atoms with E-state index in [1.165, 1.54) is 0 Å². The second-order valence-electron chi connectivity index (χ2n) is 8.77. The third-order valence-electron chi connectivity index (χ3n) is 5.74. The highest BCUT2D eigenvalue weighted by molar-refractivity contribution is 6.35. The van der Waals surface area contributed by atoms with Gasteiger partial charge in [0.2, 0.25) is 11.8 Å². The lowest BCUT2D eigenvalue weighted by Crippen LogP contribution is -2.40. The predicted molar refractivity (Wildman–Crippen MR) is 145 cm³/mol. The van der Waals surface area contributed by atoms with Gasteiger partial charge in [-0.1, -0.05) is 59.6 Å². The highest BCUT2D eigenvalue weighted by Crippen LogP contribution is 2.27. The van der Waals surface area contributed by atoms with Crippen LogP contribution in [0.3, 0.4) is 0 Å². The number of halogens is 2. The van der Waals surface area contributed by atoms with Gasteiger partial charge in [-0.05, 0) is 68.0 Å². The molecule has 2 amide bonds. The number of nitriles is 1. The quantitative estimate of drug-likeness (QED) is 0.373. The van der Waals surface area contributed by atoms with Crippen molar-refractivity contribution in [2.45, 2.75) is 19.4 Å². The van der Waals surface area contributed by atoms with Crippen molar-refractivity contribution in [2.75, 3.05) is 32.5 Å². The first-order valence-corrected chi connectivity index (χ1v) is 12.2. The van der Waals surface area contributed by atoms with Crippen molar-refractivity contribution in [1.82, 2.24) is 9.80 Å². The summed E-state index contributed by atoms with van der Waals surface area (Å²) in [6.45, 7) is 2.35. The first kappa shape index (κ1) is 27.2. The van der Waals surface area contributed by atoms with E-state index in [4.69, 9.17) is 23.2 Å². The van der Waals surface area contributed by atoms with Gasteiger partial charge in [0.15, 0.2) is 0 Å². The Morgan fingerprint density at radius 3 is 2.25 bits per heavy atom. The van der Waals surface area contributed by atoms with Crippen molar-refractivity contribution >= 4 is 40.7 Å². The van der Waals surface area contributed by atoms with Gasteiger partial charge in [-0.2, -0.15) is 5.26 Å². The van der Waals surface area contributed by atoms with Gasteiger partial charge >= 0.3 is 0 Å². The first-order valence-electron chi connectivity index (χ1n) is 11.5. The molecular weight excluding hydrogens is 495 g/mol. The number of hydrogen-bond acceptors (Lipinski definition) is 4. The molecule has 1 atom stereocenters. The van der Waals surface area contributed by atoms with Crippen LogP contribution in [0.5, 0.6) is 0 Å². The van der Waals surface area contributed by atoms with Gasteiger partial charge in [0.05, 0.1) is 17.7 Å². The summed E-state index contributed by atoms with van der Waals surface area (Å²) in [7, 11) is 3.80. The zero-order chi connectivity index (χ0) is 26.2. The van der Waals surface area contributed by atoms with Crippen molar-refractivity contribution in [3.8, 4) is 17.2 Å². The van der Waals surface area contributed by atoms with E-state index in [1.54, 1.807) is 29.2 Å². The van der Waals surface area contributed by atoms with Crippen molar-refractivity contribution in [3.63, 3.8) is 0 Å². The Labute approximate surface area is 222 Å². The predicted octanol–water partition coefficient (Wildman–Crippen LogP) is 6.01. The summed E-state index contributed by atoms with van der Waals surface area (Å²) in [5.74, 6) is -0.468. The number of carbonyl (C=O) groups is 2. The normalized spacial score (nSPS) is 11.6. The van der Waals surface area contributed by atoms with E-state index in [2.05, 4.69) is 11.4 Å². The Morgan fingerprint density at radius 2 is 1.64 bits per heavy atom. The molecule has 0 fully saturated rings. The van der Waals surface area contributed by atoms with Crippen LogP contribution in [0.1, 0.15) is 30.5 Å². The molecule has 186 valence electrons. The zero-order valence-electron chi connectivity index (χ0n) is 20.5. The summed E-state index contributed by atoms with van der Waals surface area (Å²) in [5.41, 5.74) is 3.85. The van der Waals surface area contributed by atoms with Crippen LogP contribution in [0, 0.1) is 11.3 Å². The summed E-state index contributed by atoms with van der Waals surface area (Å²) < 4.78 is 0. The van der Waals surface area contributed by atoms with E-state index in [0.717, 1.165) is 16.7 Å². The maximum atomic E-state index is 13.2. The van der Waals surface area contributed by atoms with Gasteiger partial charge in [-0.3, -0.25) is 9.59 Å². The van der Waals surface area contributed by atoms with Gasteiger partial charge in [0.25, 0.3) is 0 Å². The Kier molecular flexibility index (Phi) is 9.49. The fraction of sp³-hybridized carbons (Fsp3) is 0.250. The minimum Gasteiger partial charge on any atom is -0.327 e. The lowest BCUT2D eigenvalue weighted by atomic mass is 9.99. The largest absolute Gasteiger partial charge is 0.327 e. The maximum Gasteiger partial charge on any atom is 0.244 e. The molecule has 0 aromatic heterocycles. The van der Waals surface area contributed by atoms with E-state index in [9.17, 15) is 14.9 Å². The summed E-state index contributed by atoms with van der Waals surface area (Å²) in [4.78, 5) is 29.6. The van der Waals surface area contributed by atoms with Crippen LogP contribution in [0.2, 0.25) is 10.0 Å². The van der Waals surface area contributed by atoms with E-state index >= 15 is 0 Å². The SMILES string of the molecule is C[C@@H](c1ccc(-c2cccc(C#N)c2)cc1)N(CC(=O)Nc1cc(Cl)cc(Cl)c1)C(=O)CCN(C)C. The van der Waals surface area contributed by atoms with Crippen LogP contribution in [0.15, 0.2) is 66.7 Å². The molecule has 0 saturated carbocycles. The second-order valence-corrected chi connectivity index (χ2v) is 9.64. The number of amides is 2. The number of carbonyl (C=O) groups excluding carboxylic acids is 2. The fourth-order valence-electron chi connectivity index (χ4n) is 3.79. The van der Waals surface area contributed by atoms with E-state index in [-0.39, 0.29) is 30.8 Å². The lowest BCUT2D eigenvalue weighted by Gasteiger charge is -2.30. The average molecular weight is 523 g/mol. The monoisotopic (exact) mass is 522 g/mol. The summed E-state index contributed by atoms with van der Waals surface area (Å²) in [6.07, 6.45) is 0.284. The molecule has 0 bridgehead atoms. The average Bonchev–Trinajstić information content (AvgIpc) is 2.85. The molecule has 0 radical (unpaired) electrons. The molecule has 6 nitrogen and oxygen atoms in total. The van der Waals surface area contributed by atoms with Crippen LogP contribution in [-0.2, 0) is 9.59 Å². The van der Waals surface area contributed by atoms with Crippen molar-refractivity contribution in [2.24, 2.45) is 0 Å². The minimum absolute atomic E-state index is 0.122. The standard InChI is InChI=1S/C28H28Cl2N4O2/c1-19(21-7-9-22(10-8-21)23-6-4-5-20(13-23)17-31)34(28(36)11-12-33(2)3)18-27(35)32-26-15-24(29)14-25(30)16-26/h4-10,13-16,19H,11-12,18H2,1-3H3,(H,32,35)/t19-/m0/s1. The smallest absolute Gasteiger partial charge is 0.244 e. The third-order valence-corrected chi connectivity index (χ3v) is 6.18. The number of rotatable bonds is 9. The summed E-state index contributed by atoms with van der Waals surface area (Å²) >= 11 is 12.1. The van der Waals surface area contributed by atoms with Crippen LogP contribution in [0.4, 0.5) is 5.69 Å². The van der Waals surface area contributed by atoms with Gasteiger partial charge in [0, 0.05) is 28.7 Å². The molecule has 0 aliphatic heterocycles. The van der Waals surface area contributed by atoms with Gasteiger partial charge in [0.1, 0.15) is 6.54 Å². The molecule has 3 rings (SSSR count). The summed E-state index contributed by atoms with van der Waals surface area (Å²) in [5, 5.41) is 12.8. The second kappa shape index (κ2) is 12.5. The molecule has 8 heteroatoms. The van der Waals surface area contributed by atoms with Crippen LogP contribution in [-0.4, -0.2) is 48.8 Å². The van der Waals surface area contributed by atoms with Gasteiger partial charge in [-0.15, -0.1) is 0 Å². The van der Waals surface area contributed by atoms with Gasteiger partial charge in [-0.25, -0.2) is 0 Å². The Hall–Kier alpha value is -3.37. The lowest BCUT2D eigenvalue weighted by molar-refractivity contribution is -0.137. The van der Waals surface area contributed by atoms with E-state index in [0.29, 0.717) is 27.8 Å². The molecule has 1 N–H and O–H groups in total. The zero-order valence-corrected chi connectivity index (χ0v) is 22.0. The highest BCUT2D eigenvalue weighted by atomic mass is 35.5. The number of benzene rings is 3. The maximum absolute atomic E-state index is 13.2. The Balaban J connectivity index is 1.80. The van der Waals surface area contributed by atoms with E-state index in [1.807, 2.05) is 68.4 Å². The number of anilines is 1. The molecule has 3 aromatic carbocycles. The Morgan fingerprint density at radius 1 is 0.972 bits per heavy atom. The van der Waals surface area contributed by atoms with Gasteiger partial charge < -0.3 is 15.1 Å². The number of nitrogens with zero attached hydrogens (tertiary/aromatic N) is 3. The highest BCUT2D eigenvalue weighted by Gasteiger charge is 2.24. The molecule has 0 heterocycles. The first-order chi connectivity index (χ1) is 17.2. The Bertz CT molecular complexity index is 1250. The third kappa shape index (κ3) is 7.56. The molecule has 0 aliphatic carbocycles. The number of nitrogens with one attached hydrogen (secondary N) is 1. The topological polar surface area (TPSA) is 76.4 Å². The van der Waals surface area contributed by atoms with Crippen LogP contribution in [0.25, 0.3) is 11.1 Å². The molecule has 3 aromatic rings. The van der Waals surface area contributed by atoms with Crippen molar-refractivity contribution < 1.29 is 9.59 Å². The molecule has 0 saturated heterocycles. The molecule has 0 aliphatic rings. The fourth-order valence-corrected chi connectivity index (χ4v) is 4.31. The van der Waals surface area contributed by atoms with Crippen LogP contribution < -0.4 is 5.32 Å². The van der Waals surface area contributed by atoms with Crippen molar-refractivity contribution in [1.29, 1.82) is 5.26 Å². The molecule has 0 unspecified atom stereocenters. The summed E-state index contributed by atoms with van der Waals surface area (Å²) in [6, 6.07) is 21.8. The van der Waals surface area contributed by atoms with E-state index < -0.39 is 0 Å². The molecule has 0 spiro atoms. The number of hydrogen-bond donors (Lipinski definition) is 1. The minimum atomic E-state index is -0.344.